The van der Waals surface area contributed by atoms with Crippen LogP contribution in [0.5, 0.6) is 11.5 Å². The number of ether oxygens (including phenoxy) is 2. The number of benzene rings is 2. The van der Waals surface area contributed by atoms with E-state index >= 15 is 0 Å². The molecule has 2 rings (SSSR count). The number of amides is 1. The minimum Gasteiger partial charge on any atom is -0.494 e. The van der Waals surface area contributed by atoms with Gasteiger partial charge in [-0.05, 0) is 62.2 Å². The van der Waals surface area contributed by atoms with E-state index in [0.717, 1.165) is 42.2 Å². The molecule has 0 aromatic heterocycles. The second kappa shape index (κ2) is 11.2. The Balaban J connectivity index is 1.69. The van der Waals surface area contributed by atoms with Crippen molar-refractivity contribution in [3.63, 3.8) is 0 Å². The fourth-order valence-electron chi connectivity index (χ4n) is 2.45. The van der Waals surface area contributed by atoms with Crippen LogP contribution >= 0.6 is 0 Å². The summed E-state index contributed by atoms with van der Waals surface area (Å²) in [5, 5.41) is 6.03. The summed E-state index contributed by atoms with van der Waals surface area (Å²) in [6, 6.07) is 15.3. The summed E-state index contributed by atoms with van der Waals surface area (Å²) >= 11 is 0. The lowest BCUT2D eigenvalue weighted by Gasteiger charge is -2.11. The number of anilines is 1. The van der Waals surface area contributed by atoms with Crippen LogP contribution < -0.4 is 20.1 Å². The summed E-state index contributed by atoms with van der Waals surface area (Å²) < 4.78 is 11.2. The molecule has 1 amide bonds. The molecule has 0 fully saturated rings. The molecule has 0 aliphatic carbocycles. The molecular weight excluding hydrogens is 340 g/mol. The highest BCUT2D eigenvalue weighted by molar-refractivity contribution is 5.92. The second-order valence-corrected chi connectivity index (χ2v) is 6.69. The standard InChI is InChI=1S/C22H30N2O3/c1-4-5-14-26-20-12-8-19(9-13-20)24-22(25)16-23-15-18-6-10-21(11-7-18)27-17(2)3/h6-13,17,23H,4-5,14-16H2,1-3H3,(H,24,25). The topological polar surface area (TPSA) is 59.6 Å². The average Bonchev–Trinajstić information content (AvgIpc) is 2.64. The van der Waals surface area contributed by atoms with Crippen molar-refractivity contribution < 1.29 is 14.3 Å². The van der Waals surface area contributed by atoms with Crippen LogP contribution in [0.2, 0.25) is 0 Å². The Morgan fingerprint density at radius 1 is 1.00 bits per heavy atom. The van der Waals surface area contributed by atoms with Gasteiger partial charge < -0.3 is 20.1 Å². The Morgan fingerprint density at radius 2 is 1.67 bits per heavy atom. The Hall–Kier alpha value is -2.53. The Labute approximate surface area is 162 Å². The van der Waals surface area contributed by atoms with Crippen LogP contribution in [0.3, 0.4) is 0 Å². The molecule has 27 heavy (non-hydrogen) atoms. The summed E-state index contributed by atoms with van der Waals surface area (Å²) in [5.74, 6) is 1.60. The lowest BCUT2D eigenvalue weighted by atomic mass is 10.2. The monoisotopic (exact) mass is 370 g/mol. The molecule has 0 radical (unpaired) electrons. The summed E-state index contributed by atoms with van der Waals surface area (Å²) in [5.41, 5.74) is 1.87. The number of hydrogen-bond donors (Lipinski definition) is 2. The van der Waals surface area contributed by atoms with Gasteiger partial charge in [0, 0.05) is 12.2 Å². The zero-order chi connectivity index (χ0) is 19.5. The van der Waals surface area contributed by atoms with E-state index in [-0.39, 0.29) is 18.6 Å². The van der Waals surface area contributed by atoms with Gasteiger partial charge in [0.25, 0.3) is 0 Å². The molecule has 0 unspecified atom stereocenters. The summed E-state index contributed by atoms with van der Waals surface area (Å²) in [6.45, 7) is 7.73. The third-order valence-electron chi connectivity index (χ3n) is 3.81. The molecule has 0 spiro atoms. The molecule has 2 aromatic carbocycles. The maximum Gasteiger partial charge on any atom is 0.238 e. The van der Waals surface area contributed by atoms with Gasteiger partial charge in [0.15, 0.2) is 0 Å². The first-order valence-electron chi connectivity index (χ1n) is 9.56. The molecule has 0 saturated carbocycles. The number of unbranched alkanes of at least 4 members (excludes halogenated alkanes) is 1. The van der Waals surface area contributed by atoms with Crippen molar-refractivity contribution in [1.82, 2.24) is 5.32 Å². The van der Waals surface area contributed by atoms with E-state index in [9.17, 15) is 4.79 Å². The lowest BCUT2D eigenvalue weighted by molar-refractivity contribution is -0.115. The van der Waals surface area contributed by atoms with Gasteiger partial charge in [-0.2, -0.15) is 0 Å². The quantitative estimate of drug-likeness (QED) is 0.576. The maximum atomic E-state index is 12.0. The minimum absolute atomic E-state index is 0.0746. The normalized spacial score (nSPS) is 10.7. The zero-order valence-corrected chi connectivity index (χ0v) is 16.5. The molecule has 2 N–H and O–H groups in total. The third kappa shape index (κ3) is 8.13. The Kier molecular flexibility index (Phi) is 8.65. The van der Waals surface area contributed by atoms with Crippen molar-refractivity contribution in [2.75, 3.05) is 18.5 Å². The SMILES string of the molecule is CCCCOc1ccc(NC(=O)CNCc2ccc(OC(C)C)cc2)cc1. The van der Waals surface area contributed by atoms with Crippen LogP contribution in [0.15, 0.2) is 48.5 Å². The van der Waals surface area contributed by atoms with Gasteiger partial charge in [0.2, 0.25) is 5.91 Å². The van der Waals surface area contributed by atoms with Crippen molar-refractivity contribution in [3.05, 3.63) is 54.1 Å². The average molecular weight is 370 g/mol. The first kappa shape index (κ1) is 20.8. The van der Waals surface area contributed by atoms with E-state index in [1.165, 1.54) is 0 Å². The maximum absolute atomic E-state index is 12.0. The summed E-state index contributed by atoms with van der Waals surface area (Å²) in [7, 11) is 0. The van der Waals surface area contributed by atoms with Crippen LogP contribution in [0.25, 0.3) is 0 Å². The molecule has 146 valence electrons. The first-order valence-corrected chi connectivity index (χ1v) is 9.56. The van der Waals surface area contributed by atoms with Crippen molar-refractivity contribution in [2.24, 2.45) is 0 Å². The van der Waals surface area contributed by atoms with Crippen molar-refractivity contribution in [3.8, 4) is 11.5 Å². The van der Waals surface area contributed by atoms with Crippen molar-refractivity contribution in [1.29, 1.82) is 0 Å². The van der Waals surface area contributed by atoms with Crippen LogP contribution in [0, 0.1) is 0 Å². The van der Waals surface area contributed by atoms with Gasteiger partial charge in [-0.3, -0.25) is 4.79 Å². The fraction of sp³-hybridized carbons (Fsp3) is 0.409. The van der Waals surface area contributed by atoms with E-state index in [4.69, 9.17) is 9.47 Å². The van der Waals surface area contributed by atoms with Crippen LogP contribution in [-0.4, -0.2) is 25.2 Å². The van der Waals surface area contributed by atoms with Gasteiger partial charge in [-0.25, -0.2) is 0 Å². The molecule has 5 heteroatoms. The molecular formula is C22H30N2O3. The number of hydrogen-bond acceptors (Lipinski definition) is 4. The number of nitrogens with one attached hydrogen (secondary N) is 2. The number of carbonyl (C=O) groups excluding carboxylic acids is 1. The largest absolute Gasteiger partial charge is 0.494 e. The number of rotatable bonds is 11. The Bertz CT molecular complexity index is 682. The Morgan fingerprint density at radius 3 is 2.30 bits per heavy atom. The van der Waals surface area contributed by atoms with Crippen LogP contribution in [0.4, 0.5) is 5.69 Å². The predicted molar refractivity (Wildman–Crippen MR) is 109 cm³/mol. The molecule has 0 saturated heterocycles. The molecule has 0 heterocycles. The van der Waals surface area contributed by atoms with Crippen LogP contribution in [0.1, 0.15) is 39.2 Å². The van der Waals surface area contributed by atoms with Crippen molar-refractivity contribution >= 4 is 11.6 Å². The van der Waals surface area contributed by atoms with E-state index in [0.29, 0.717) is 6.54 Å². The summed E-state index contributed by atoms with van der Waals surface area (Å²) in [6.07, 6.45) is 2.31. The van der Waals surface area contributed by atoms with E-state index in [1.807, 2.05) is 62.4 Å². The van der Waals surface area contributed by atoms with E-state index < -0.39 is 0 Å². The second-order valence-electron chi connectivity index (χ2n) is 6.69. The first-order chi connectivity index (χ1) is 13.1. The van der Waals surface area contributed by atoms with Crippen LogP contribution in [-0.2, 0) is 11.3 Å². The molecule has 2 aromatic rings. The number of carbonyl (C=O) groups is 1. The van der Waals surface area contributed by atoms with Crippen molar-refractivity contribution in [2.45, 2.75) is 46.3 Å². The highest BCUT2D eigenvalue weighted by atomic mass is 16.5. The van der Waals surface area contributed by atoms with Gasteiger partial charge >= 0.3 is 0 Å². The summed E-state index contributed by atoms with van der Waals surface area (Å²) in [4.78, 5) is 12.0. The molecule has 5 nitrogen and oxygen atoms in total. The van der Waals surface area contributed by atoms with E-state index in [1.54, 1.807) is 0 Å². The van der Waals surface area contributed by atoms with Gasteiger partial charge in [-0.1, -0.05) is 25.5 Å². The zero-order valence-electron chi connectivity index (χ0n) is 16.5. The van der Waals surface area contributed by atoms with Gasteiger partial charge in [-0.15, -0.1) is 0 Å². The van der Waals surface area contributed by atoms with E-state index in [2.05, 4.69) is 17.6 Å². The fourth-order valence-corrected chi connectivity index (χ4v) is 2.45. The highest BCUT2D eigenvalue weighted by Crippen LogP contribution is 2.16. The highest BCUT2D eigenvalue weighted by Gasteiger charge is 2.03. The molecule has 0 aliphatic heterocycles. The van der Waals surface area contributed by atoms with Gasteiger partial charge in [0.05, 0.1) is 19.3 Å². The molecule has 0 aliphatic rings. The predicted octanol–water partition coefficient (Wildman–Crippen LogP) is 4.38. The third-order valence-corrected chi connectivity index (χ3v) is 3.81. The minimum atomic E-state index is -0.0746. The lowest BCUT2D eigenvalue weighted by Crippen LogP contribution is -2.27. The molecule has 0 bridgehead atoms. The van der Waals surface area contributed by atoms with Gasteiger partial charge in [0.1, 0.15) is 11.5 Å². The molecule has 0 atom stereocenters. The smallest absolute Gasteiger partial charge is 0.238 e.